The summed E-state index contributed by atoms with van der Waals surface area (Å²) in [5.74, 6) is 1.94. The van der Waals surface area contributed by atoms with E-state index < -0.39 is 0 Å². The number of ether oxygens (including phenoxy) is 1. The summed E-state index contributed by atoms with van der Waals surface area (Å²) in [7, 11) is 1.66. The number of carbonyl (C=O) groups is 1. The van der Waals surface area contributed by atoms with Gasteiger partial charge in [0, 0.05) is 36.7 Å². The van der Waals surface area contributed by atoms with Gasteiger partial charge in [0.1, 0.15) is 11.6 Å². The average molecular weight is 419 g/mol. The van der Waals surface area contributed by atoms with Crippen molar-refractivity contribution in [3.63, 3.8) is 0 Å². The molecule has 6 nitrogen and oxygen atoms in total. The van der Waals surface area contributed by atoms with E-state index in [1.807, 2.05) is 60.9 Å². The van der Waals surface area contributed by atoms with Crippen molar-refractivity contribution >= 4 is 11.6 Å². The Balaban J connectivity index is 1.44. The highest BCUT2D eigenvalue weighted by Gasteiger charge is 2.27. The van der Waals surface area contributed by atoms with Gasteiger partial charge in [-0.2, -0.15) is 0 Å². The van der Waals surface area contributed by atoms with Crippen LogP contribution in [0.15, 0.2) is 60.9 Å². The smallest absolute Gasteiger partial charge is 0.228 e. The normalized spacial score (nSPS) is 16.8. The third kappa shape index (κ3) is 4.97. The summed E-state index contributed by atoms with van der Waals surface area (Å²) in [5, 5.41) is 3.19. The maximum absolute atomic E-state index is 13.1. The highest BCUT2D eigenvalue weighted by molar-refractivity contribution is 5.97. The van der Waals surface area contributed by atoms with Gasteiger partial charge in [-0.05, 0) is 50.1 Å². The zero-order chi connectivity index (χ0) is 21.6. The van der Waals surface area contributed by atoms with Gasteiger partial charge in [0.2, 0.25) is 5.91 Å². The maximum Gasteiger partial charge on any atom is 0.228 e. The molecule has 0 saturated carbocycles. The third-order valence-electron chi connectivity index (χ3n) is 5.97. The Labute approximate surface area is 183 Å². The highest BCUT2D eigenvalue weighted by Crippen LogP contribution is 2.30. The van der Waals surface area contributed by atoms with Crippen LogP contribution in [0, 0.1) is 5.92 Å². The number of nitrogens with zero attached hydrogens (tertiary/aromatic N) is 3. The minimum absolute atomic E-state index is 0.0253. The number of hydrogen-bond acceptors (Lipinski definition) is 4. The Bertz CT molecular complexity index is 1010. The number of amides is 1. The predicted octanol–water partition coefficient (Wildman–Crippen LogP) is 4.43. The first-order valence-corrected chi connectivity index (χ1v) is 10.9. The zero-order valence-electron chi connectivity index (χ0n) is 18.3. The second-order valence-electron chi connectivity index (χ2n) is 7.97. The fourth-order valence-corrected chi connectivity index (χ4v) is 4.24. The first-order chi connectivity index (χ1) is 15.2. The molecule has 4 rings (SSSR count). The number of nitrogens with one attached hydrogen (secondary N) is 1. The van der Waals surface area contributed by atoms with Gasteiger partial charge in [-0.15, -0.1) is 0 Å². The first kappa shape index (κ1) is 21.1. The van der Waals surface area contributed by atoms with E-state index >= 15 is 0 Å². The number of hydrogen-bond donors (Lipinski definition) is 1. The van der Waals surface area contributed by atoms with Crippen LogP contribution in [-0.4, -0.2) is 40.6 Å². The lowest BCUT2D eigenvalue weighted by atomic mass is 9.96. The van der Waals surface area contributed by atoms with Crippen molar-refractivity contribution in [3.8, 4) is 16.9 Å². The summed E-state index contributed by atoms with van der Waals surface area (Å²) in [5.41, 5.74) is 2.90. The van der Waals surface area contributed by atoms with Crippen molar-refractivity contribution in [2.45, 2.75) is 32.9 Å². The molecular weight excluding hydrogens is 388 g/mol. The number of aryl methyl sites for hydroxylation is 1. The molecule has 0 radical (unpaired) electrons. The standard InChI is InChI=1S/C25H30N4O2/c1-3-29-16-14-26-24(29)18-28-15-6-7-20(17-28)25(30)27-23-9-5-4-8-22(23)19-10-12-21(31-2)13-11-19/h4-5,8-14,16,20H,3,6-7,15,17-18H2,1-2H3,(H,27,30). The van der Waals surface area contributed by atoms with Crippen LogP contribution in [-0.2, 0) is 17.9 Å². The van der Waals surface area contributed by atoms with Crippen LogP contribution < -0.4 is 10.1 Å². The lowest BCUT2D eigenvalue weighted by molar-refractivity contribution is -0.121. The molecule has 1 fully saturated rings. The van der Waals surface area contributed by atoms with Gasteiger partial charge in [0.05, 0.1) is 19.6 Å². The van der Waals surface area contributed by atoms with Gasteiger partial charge in [0.25, 0.3) is 0 Å². The molecule has 3 aromatic rings. The van der Waals surface area contributed by atoms with Crippen molar-refractivity contribution in [3.05, 3.63) is 66.7 Å². The minimum atomic E-state index is -0.0253. The van der Waals surface area contributed by atoms with Gasteiger partial charge in [-0.25, -0.2) is 4.98 Å². The van der Waals surface area contributed by atoms with E-state index in [9.17, 15) is 4.79 Å². The molecule has 1 unspecified atom stereocenters. The van der Waals surface area contributed by atoms with Crippen molar-refractivity contribution < 1.29 is 9.53 Å². The van der Waals surface area contributed by atoms with E-state index in [2.05, 4.69) is 26.7 Å². The number of piperidine rings is 1. The maximum atomic E-state index is 13.1. The van der Waals surface area contributed by atoms with Crippen LogP contribution in [0.4, 0.5) is 5.69 Å². The lowest BCUT2D eigenvalue weighted by Crippen LogP contribution is -2.40. The molecule has 1 N–H and O–H groups in total. The SMILES string of the molecule is CCn1ccnc1CN1CCCC(C(=O)Nc2ccccc2-c2ccc(OC)cc2)C1. The summed E-state index contributed by atoms with van der Waals surface area (Å²) < 4.78 is 7.42. The fourth-order valence-electron chi connectivity index (χ4n) is 4.24. The molecule has 0 spiro atoms. The molecule has 1 amide bonds. The van der Waals surface area contributed by atoms with Crippen molar-refractivity contribution in [1.82, 2.24) is 14.5 Å². The molecule has 1 aliphatic rings. The molecule has 31 heavy (non-hydrogen) atoms. The Morgan fingerprint density at radius 1 is 1.19 bits per heavy atom. The van der Waals surface area contributed by atoms with Crippen molar-refractivity contribution in [2.24, 2.45) is 5.92 Å². The number of benzene rings is 2. The molecule has 1 atom stereocenters. The molecule has 6 heteroatoms. The van der Waals surface area contributed by atoms with Gasteiger partial charge in [0.15, 0.2) is 0 Å². The second kappa shape index (κ2) is 9.79. The summed E-state index contributed by atoms with van der Waals surface area (Å²) in [6, 6.07) is 15.9. The average Bonchev–Trinajstić information content (AvgIpc) is 3.27. The topological polar surface area (TPSA) is 59.4 Å². The van der Waals surface area contributed by atoms with E-state index in [1.54, 1.807) is 7.11 Å². The number of methoxy groups -OCH3 is 1. The van der Waals surface area contributed by atoms with Gasteiger partial charge >= 0.3 is 0 Å². The third-order valence-corrected chi connectivity index (χ3v) is 5.97. The van der Waals surface area contributed by atoms with Crippen LogP contribution in [0.5, 0.6) is 5.75 Å². The van der Waals surface area contributed by atoms with Crippen LogP contribution in [0.1, 0.15) is 25.6 Å². The quantitative estimate of drug-likeness (QED) is 0.617. The highest BCUT2D eigenvalue weighted by atomic mass is 16.5. The lowest BCUT2D eigenvalue weighted by Gasteiger charge is -2.32. The van der Waals surface area contributed by atoms with Crippen LogP contribution >= 0.6 is 0 Å². The summed E-state index contributed by atoms with van der Waals surface area (Å²) in [6.07, 6.45) is 5.79. The van der Waals surface area contributed by atoms with Crippen LogP contribution in [0.2, 0.25) is 0 Å². The molecule has 1 saturated heterocycles. The van der Waals surface area contributed by atoms with Crippen LogP contribution in [0.3, 0.4) is 0 Å². The van der Waals surface area contributed by atoms with Gasteiger partial charge in [-0.1, -0.05) is 30.3 Å². The van der Waals surface area contributed by atoms with E-state index in [-0.39, 0.29) is 11.8 Å². The molecule has 1 aliphatic heterocycles. The number of carbonyl (C=O) groups excluding carboxylic acids is 1. The molecule has 162 valence electrons. The van der Waals surface area contributed by atoms with Crippen LogP contribution in [0.25, 0.3) is 11.1 Å². The summed E-state index contributed by atoms with van der Waals surface area (Å²) in [4.78, 5) is 20.0. The van der Waals surface area contributed by atoms with Crippen molar-refractivity contribution in [2.75, 3.05) is 25.5 Å². The van der Waals surface area contributed by atoms with Gasteiger partial charge in [-0.3, -0.25) is 9.69 Å². The fraction of sp³-hybridized carbons (Fsp3) is 0.360. The Morgan fingerprint density at radius 3 is 2.77 bits per heavy atom. The largest absolute Gasteiger partial charge is 0.497 e. The number of imidazole rings is 1. The molecule has 2 aromatic carbocycles. The molecule has 1 aromatic heterocycles. The molecule has 0 bridgehead atoms. The van der Waals surface area contributed by atoms with E-state index in [1.165, 1.54) is 0 Å². The van der Waals surface area contributed by atoms with E-state index in [4.69, 9.17) is 4.74 Å². The number of para-hydroxylation sites is 1. The predicted molar refractivity (Wildman–Crippen MR) is 123 cm³/mol. The summed E-state index contributed by atoms with van der Waals surface area (Å²) in [6.45, 7) is 5.58. The number of aromatic nitrogens is 2. The number of rotatable bonds is 7. The second-order valence-corrected chi connectivity index (χ2v) is 7.97. The molecule has 0 aliphatic carbocycles. The monoisotopic (exact) mass is 418 g/mol. The van der Waals surface area contributed by atoms with E-state index in [0.717, 1.165) is 67.4 Å². The zero-order valence-corrected chi connectivity index (χ0v) is 18.3. The molecular formula is C25H30N4O2. The Morgan fingerprint density at radius 2 is 2.00 bits per heavy atom. The number of likely N-dealkylation sites (tertiary alicyclic amines) is 1. The Hall–Kier alpha value is -3.12. The number of anilines is 1. The van der Waals surface area contributed by atoms with E-state index in [0.29, 0.717) is 0 Å². The molecule has 2 heterocycles. The van der Waals surface area contributed by atoms with Gasteiger partial charge < -0.3 is 14.6 Å². The minimum Gasteiger partial charge on any atom is -0.497 e. The van der Waals surface area contributed by atoms with Crippen molar-refractivity contribution in [1.29, 1.82) is 0 Å². The Kier molecular flexibility index (Phi) is 6.67. The first-order valence-electron chi connectivity index (χ1n) is 10.9. The summed E-state index contributed by atoms with van der Waals surface area (Å²) >= 11 is 0.